The fourth-order valence-corrected chi connectivity index (χ4v) is 2.73. The van der Waals surface area contributed by atoms with Gasteiger partial charge < -0.3 is 9.47 Å². The van der Waals surface area contributed by atoms with Gasteiger partial charge in [-0.3, -0.25) is 0 Å². The molecule has 0 fully saturated rings. The monoisotopic (exact) mass is 364 g/mol. The van der Waals surface area contributed by atoms with Crippen LogP contribution in [0.1, 0.15) is 0 Å². The number of ether oxygens (including phenoxy) is 2. The summed E-state index contributed by atoms with van der Waals surface area (Å²) in [5, 5.41) is 0. The number of methoxy groups -OCH3 is 2. The van der Waals surface area contributed by atoms with Crippen molar-refractivity contribution in [1.82, 2.24) is 0 Å². The Bertz CT molecular complexity index is 382. The summed E-state index contributed by atoms with van der Waals surface area (Å²) in [4.78, 5) is 0.0783. The molecule has 1 aromatic rings. The Morgan fingerprint density at radius 1 is 1.19 bits per heavy atom. The smallest absolute Gasteiger partial charge is 0.446 e. The first kappa shape index (κ1) is 13.8. The van der Waals surface area contributed by atoms with Crippen LogP contribution < -0.4 is 9.47 Å². The van der Waals surface area contributed by atoms with E-state index in [1.807, 2.05) is 22.6 Å². The minimum absolute atomic E-state index is 0.0783. The van der Waals surface area contributed by atoms with Crippen molar-refractivity contribution in [2.45, 2.75) is 10.4 Å². The van der Waals surface area contributed by atoms with E-state index in [9.17, 15) is 13.2 Å². The zero-order valence-electron chi connectivity index (χ0n) is 8.39. The van der Waals surface area contributed by atoms with Crippen LogP contribution in [-0.4, -0.2) is 19.7 Å². The van der Waals surface area contributed by atoms with Gasteiger partial charge in [0.05, 0.1) is 17.8 Å². The average molecular weight is 364 g/mol. The van der Waals surface area contributed by atoms with Gasteiger partial charge >= 0.3 is 5.51 Å². The first-order valence-corrected chi connectivity index (χ1v) is 5.94. The number of alkyl halides is 3. The Hall–Kier alpha value is -0.310. The van der Waals surface area contributed by atoms with Crippen molar-refractivity contribution in [2.24, 2.45) is 0 Å². The van der Waals surface area contributed by atoms with Crippen molar-refractivity contribution in [2.75, 3.05) is 14.2 Å². The fourth-order valence-electron chi connectivity index (χ4n) is 1.09. The van der Waals surface area contributed by atoms with Gasteiger partial charge in [-0.1, -0.05) is 0 Å². The van der Waals surface area contributed by atoms with Gasteiger partial charge in [-0.05, 0) is 46.5 Å². The molecule has 0 saturated heterocycles. The SMILES string of the molecule is COc1cc(SC(F)(F)F)cc(I)c1OC. The summed E-state index contributed by atoms with van der Waals surface area (Å²) in [6.45, 7) is 0. The predicted octanol–water partition coefficient (Wildman–Crippen LogP) is 3.92. The Kier molecular flexibility index (Phi) is 4.60. The molecular weight excluding hydrogens is 356 g/mol. The van der Waals surface area contributed by atoms with Crippen LogP contribution in [0.15, 0.2) is 17.0 Å². The lowest BCUT2D eigenvalue weighted by molar-refractivity contribution is -0.0328. The molecule has 0 spiro atoms. The van der Waals surface area contributed by atoms with Crippen molar-refractivity contribution in [3.05, 3.63) is 15.7 Å². The molecule has 0 aliphatic carbocycles. The van der Waals surface area contributed by atoms with Gasteiger partial charge in [-0.2, -0.15) is 13.2 Å². The summed E-state index contributed by atoms with van der Waals surface area (Å²) in [6, 6.07) is 2.71. The Labute approximate surface area is 109 Å². The van der Waals surface area contributed by atoms with E-state index in [4.69, 9.17) is 9.47 Å². The molecule has 16 heavy (non-hydrogen) atoms. The molecular formula is C9H8F3IO2S. The van der Waals surface area contributed by atoms with Crippen molar-refractivity contribution in [1.29, 1.82) is 0 Å². The second-order valence-corrected chi connectivity index (χ2v) is 4.99. The Morgan fingerprint density at radius 2 is 1.81 bits per heavy atom. The lowest BCUT2D eigenvalue weighted by Gasteiger charge is -2.12. The van der Waals surface area contributed by atoms with E-state index < -0.39 is 5.51 Å². The highest BCUT2D eigenvalue weighted by Crippen LogP contribution is 2.42. The van der Waals surface area contributed by atoms with Gasteiger partial charge in [-0.25, -0.2) is 0 Å². The number of rotatable bonds is 3. The lowest BCUT2D eigenvalue weighted by Crippen LogP contribution is -2.00. The quantitative estimate of drug-likeness (QED) is 0.599. The summed E-state index contributed by atoms with van der Waals surface area (Å²) in [5.41, 5.74) is -4.30. The molecule has 0 aliphatic rings. The van der Waals surface area contributed by atoms with Crippen LogP contribution in [0.2, 0.25) is 0 Å². The highest BCUT2D eigenvalue weighted by Gasteiger charge is 2.30. The number of benzene rings is 1. The van der Waals surface area contributed by atoms with E-state index in [0.29, 0.717) is 15.1 Å². The first-order chi connectivity index (χ1) is 7.37. The predicted molar refractivity (Wildman–Crippen MR) is 64.2 cm³/mol. The van der Waals surface area contributed by atoms with E-state index in [1.165, 1.54) is 26.4 Å². The normalized spacial score (nSPS) is 11.4. The number of hydrogen-bond donors (Lipinski definition) is 0. The molecule has 1 aromatic carbocycles. The van der Waals surface area contributed by atoms with E-state index in [2.05, 4.69) is 0 Å². The topological polar surface area (TPSA) is 18.5 Å². The van der Waals surface area contributed by atoms with Crippen LogP contribution in [0.5, 0.6) is 11.5 Å². The van der Waals surface area contributed by atoms with Crippen LogP contribution in [-0.2, 0) is 0 Å². The molecule has 0 saturated carbocycles. The van der Waals surface area contributed by atoms with Crippen LogP contribution in [0.3, 0.4) is 0 Å². The highest BCUT2D eigenvalue weighted by atomic mass is 127. The van der Waals surface area contributed by atoms with Gasteiger partial charge in [0.25, 0.3) is 0 Å². The molecule has 0 amide bonds. The Morgan fingerprint density at radius 3 is 2.25 bits per heavy atom. The largest absolute Gasteiger partial charge is 0.493 e. The molecule has 0 N–H and O–H groups in total. The molecule has 0 unspecified atom stereocenters. The maximum absolute atomic E-state index is 12.2. The highest BCUT2D eigenvalue weighted by molar-refractivity contribution is 14.1. The first-order valence-electron chi connectivity index (χ1n) is 4.04. The third-order valence-corrected chi connectivity index (χ3v) is 3.14. The van der Waals surface area contributed by atoms with Crippen molar-refractivity contribution in [3.8, 4) is 11.5 Å². The summed E-state index contributed by atoms with van der Waals surface area (Å²) in [7, 11) is 2.83. The maximum atomic E-state index is 12.2. The molecule has 0 bridgehead atoms. The molecule has 0 aromatic heterocycles. The summed E-state index contributed by atoms with van der Waals surface area (Å²) < 4.78 is 47.1. The molecule has 0 aliphatic heterocycles. The van der Waals surface area contributed by atoms with Crippen LogP contribution >= 0.6 is 34.4 Å². The molecule has 2 nitrogen and oxygen atoms in total. The van der Waals surface area contributed by atoms with Crippen molar-refractivity contribution < 1.29 is 22.6 Å². The Balaban J connectivity index is 3.10. The van der Waals surface area contributed by atoms with E-state index in [0.717, 1.165) is 0 Å². The molecule has 0 heterocycles. The molecule has 0 radical (unpaired) electrons. The average Bonchev–Trinajstić information content (AvgIpc) is 2.14. The van der Waals surface area contributed by atoms with Gasteiger partial charge in [0.2, 0.25) is 0 Å². The van der Waals surface area contributed by atoms with E-state index >= 15 is 0 Å². The zero-order valence-corrected chi connectivity index (χ0v) is 11.4. The molecule has 1 rings (SSSR count). The van der Waals surface area contributed by atoms with Crippen LogP contribution in [0.25, 0.3) is 0 Å². The minimum atomic E-state index is -4.30. The zero-order chi connectivity index (χ0) is 12.3. The van der Waals surface area contributed by atoms with Gasteiger partial charge in [0, 0.05) is 4.90 Å². The van der Waals surface area contributed by atoms with Gasteiger partial charge in [0.1, 0.15) is 0 Å². The van der Waals surface area contributed by atoms with Crippen LogP contribution in [0.4, 0.5) is 13.2 Å². The molecule has 7 heteroatoms. The number of thioether (sulfide) groups is 1. The van der Waals surface area contributed by atoms with Gasteiger partial charge in [-0.15, -0.1) is 0 Å². The number of hydrogen-bond acceptors (Lipinski definition) is 3. The van der Waals surface area contributed by atoms with E-state index in [-0.39, 0.29) is 16.7 Å². The number of halogens is 4. The second-order valence-electron chi connectivity index (χ2n) is 2.69. The third kappa shape index (κ3) is 3.62. The standard InChI is InChI=1S/C9H8F3IO2S/c1-14-7-4-5(16-9(10,11)12)3-6(13)8(7)15-2/h3-4H,1-2H3. The van der Waals surface area contributed by atoms with Gasteiger partial charge in [0.15, 0.2) is 11.5 Å². The van der Waals surface area contributed by atoms with Crippen LogP contribution in [0, 0.1) is 3.57 Å². The molecule has 90 valence electrons. The van der Waals surface area contributed by atoms with E-state index in [1.54, 1.807) is 0 Å². The fraction of sp³-hybridized carbons (Fsp3) is 0.333. The van der Waals surface area contributed by atoms with Crippen molar-refractivity contribution >= 4 is 34.4 Å². The summed E-state index contributed by atoms with van der Waals surface area (Å²) >= 11 is 1.72. The maximum Gasteiger partial charge on any atom is 0.446 e. The molecule has 0 atom stereocenters. The van der Waals surface area contributed by atoms with Crippen molar-refractivity contribution in [3.63, 3.8) is 0 Å². The lowest BCUT2D eigenvalue weighted by atomic mass is 10.3. The summed E-state index contributed by atoms with van der Waals surface area (Å²) in [5.74, 6) is 0.732. The summed E-state index contributed by atoms with van der Waals surface area (Å²) in [6.07, 6.45) is 0. The second kappa shape index (κ2) is 5.35. The third-order valence-electron chi connectivity index (χ3n) is 1.64. The minimum Gasteiger partial charge on any atom is -0.493 e.